The number of hydrogen-bond donors (Lipinski definition) is 2. The molecule has 2 atom stereocenters. The lowest BCUT2D eigenvalue weighted by Crippen LogP contribution is -2.52. The Bertz CT molecular complexity index is 353. The van der Waals surface area contributed by atoms with Crippen molar-refractivity contribution in [2.75, 3.05) is 13.2 Å². The molecule has 0 bridgehead atoms. The molecule has 3 fully saturated rings. The van der Waals surface area contributed by atoms with Gasteiger partial charge in [-0.3, -0.25) is 4.90 Å². The Balaban J connectivity index is 1.70. The normalized spacial score (nSPS) is 36.1. The molecule has 3 N–H and O–H groups in total. The number of oxime groups is 1. The molecule has 2 heterocycles. The topological polar surface area (TPSA) is 71.1 Å². The summed E-state index contributed by atoms with van der Waals surface area (Å²) in [5, 5.41) is 12.2. The summed E-state index contributed by atoms with van der Waals surface area (Å²) in [6.45, 7) is 1.94. The largest absolute Gasteiger partial charge is 0.409 e. The first-order valence-electron chi connectivity index (χ1n) is 7.61. The fourth-order valence-corrected chi connectivity index (χ4v) is 4.26. The van der Waals surface area contributed by atoms with Gasteiger partial charge in [-0.05, 0) is 45.1 Å². The molecule has 19 heavy (non-hydrogen) atoms. The second-order valence-corrected chi connectivity index (χ2v) is 6.31. The molecule has 0 aromatic carbocycles. The van der Waals surface area contributed by atoms with Crippen LogP contribution in [0.25, 0.3) is 0 Å². The van der Waals surface area contributed by atoms with E-state index in [0.717, 1.165) is 38.8 Å². The van der Waals surface area contributed by atoms with Gasteiger partial charge < -0.3 is 15.7 Å². The van der Waals surface area contributed by atoms with E-state index in [9.17, 15) is 0 Å². The van der Waals surface area contributed by atoms with Crippen molar-refractivity contribution < 1.29 is 9.94 Å². The van der Waals surface area contributed by atoms with Crippen LogP contribution >= 0.6 is 0 Å². The maximum Gasteiger partial charge on any atom is 0.156 e. The zero-order valence-corrected chi connectivity index (χ0v) is 11.6. The van der Waals surface area contributed by atoms with Gasteiger partial charge in [0.05, 0.1) is 11.6 Å². The number of amidine groups is 1. The van der Waals surface area contributed by atoms with E-state index in [1.54, 1.807) is 0 Å². The molecule has 0 aromatic heterocycles. The first-order valence-corrected chi connectivity index (χ1v) is 7.61. The van der Waals surface area contributed by atoms with Crippen molar-refractivity contribution in [1.82, 2.24) is 4.90 Å². The summed E-state index contributed by atoms with van der Waals surface area (Å²) in [5.74, 6) is 0.379. The van der Waals surface area contributed by atoms with Gasteiger partial charge in [0, 0.05) is 12.6 Å². The van der Waals surface area contributed by atoms with Crippen molar-refractivity contribution in [1.29, 1.82) is 0 Å². The summed E-state index contributed by atoms with van der Waals surface area (Å²) in [7, 11) is 0. The molecule has 2 unspecified atom stereocenters. The van der Waals surface area contributed by atoms with E-state index in [0.29, 0.717) is 11.9 Å². The molecule has 0 aromatic rings. The highest BCUT2D eigenvalue weighted by Crippen LogP contribution is 2.42. The Morgan fingerprint density at radius 1 is 1.26 bits per heavy atom. The van der Waals surface area contributed by atoms with E-state index in [-0.39, 0.29) is 11.6 Å². The molecule has 5 nitrogen and oxygen atoms in total. The van der Waals surface area contributed by atoms with Crippen LogP contribution < -0.4 is 5.73 Å². The third-order valence-electron chi connectivity index (χ3n) is 5.20. The van der Waals surface area contributed by atoms with Crippen LogP contribution in [-0.2, 0) is 4.74 Å². The lowest BCUT2D eigenvalue weighted by molar-refractivity contribution is -0.101. The lowest BCUT2D eigenvalue weighted by Gasteiger charge is -2.43. The third kappa shape index (κ3) is 2.46. The summed E-state index contributed by atoms with van der Waals surface area (Å²) in [5.41, 5.74) is 5.99. The quantitative estimate of drug-likeness (QED) is 0.346. The molecule has 1 aliphatic carbocycles. The van der Waals surface area contributed by atoms with E-state index < -0.39 is 0 Å². The SMILES string of the molecule is NC(=NO)C1CCCN1C1CCOC2(CCCC2)C1. The molecule has 3 rings (SSSR count). The Hall–Kier alpha value is -0.810. The molecule has 1 spiro atoms. The molecular formula is C14H25N3O2. The average molecular weight is 267 g/mol. The lowest BCUT2D eigenvalue weighted by atomic mass is 9.88. The van der Waals surface area contributed by atoms with Crippen molar-refractivity contribution in [2.24, 2.45) is 10.9 Å². The van der Waals surface area contributed by atoms with Crippen LogP contribution in [0.5, 0.6) is 0 Å². The summed E-state index contributed by atoms with van der Waals surface area (Å²) >= 11 is 0. The number of hydrogen-bond acceptors (Lipinski definition) is 4. The first-order chi connectivity index (χ1) is 9.24. The van der Waals surface area contributed by atoms with Crippen molar-refractivity contribution in [3.8, 4) is 0 Å². The molecule has 0 radical (unpaired) electrons. The summed E-state index contributed by atoms with van der Waals surface area (Å²) in [6.07, 6.45) is 9.40. The van der Waals surface area contributed by atoms with E-state index in [2.05, 4.69) is 10.1 Å². The van der Waals surface area contributed by atoms with Crippen molar-refractivity contribution in [3.63, 3.8) is 0 Å². The van der Waals surface area contributed by atoms with E-state index >= 15 is 0 Å². The van der Waals surface area contributed by atoms with Crippen LogP contribution in [0.2, 0.25) is 0 Å². The summed E-state index contributed by atoms with van der Waals surface area (Å²) < 4.78 is 6.10. The van der Waals surface area contributed by atoms with Gasteiger partial charge in [-0.2, -0.15) is 0 Å². The van der Waals surface area contributed by atoms with Crippen LogP contribution in [0.4, 0.5) is 0 Å². The van der Waals surface area contributed by atoms with E-state index in [1.165, 1.54) is 25.7 Å². The number of nitrogens with two attached hydrogens (primary N) is 1. The third-order valence-corrected chi connectivity index (χ3v) is 5.20. The Morgan fingerprint density at radius 3 is 2.79 bits per heavy atom. The van der Waals surface area contributed by atoms with E-state index in [1.807, 2.05) is 0 Å². The highest BCUT2D eigenvalue weighted by Gasteiger charge is 2.44. The predicted molar refractivity (Wildman–Crippen MR) is 73.3 cm³/mol. The smallest absolute Gasteiger partial charge is 0.156 e. The van der Waals surface area contributed by atoms with Gasteiger partial charge in [-0.15, -0.1) is 0 Å². The van der Waals surface area contributed by atoms with Gasteiger partial charge in [-0.1, -0.05) is 18.0 Å². The Labute approximate surface area is 114 Å². The minimum atomic E-state index is 0.131. The minimum Gasteiger partial charge on any atom is -0.409 e. The van der Waals surface area contributed by atoms with Crippen LogP contribution in [0.3, 0.4) is 0 Å². The van der Waals surface area contributed by atoms with Crippen LogP contribution in [0.1, 0.15) is 51.4 Å². The van der Waals surface area contributed by atoms with E-state index in [4.69, 9.17) is 15.7 Å². The molecule has 2 saturated heterocycles. The molecule has 3 aliphatic rings. The monoisotopic (exact) mass is 267 g/mol. The van der Waals surface area contributed by atoms with Crippen molar-refractivity contribution in [2.45, 2.75) is 69.1 Å². The first kappa shape index (κ1) is 13.2. The maximum absolute atomic E-state index is 8.93. The van der Waals surface area contributed by atoms with Crippen molar-refractivity contribution in [3.05, 3.63) is 0 Å². The number of ether oxygens (including phenoxy) is 1. The standard InChI is InChI=1S/C14H25N3O2/c15-13(16-18)12-4-3-8-17(12)11-5-9-19-14(10-11)6-1-2-7-14/h11-12,18H,1-10H2,(H2,15,16). The summed E-state index contributed by atoms with van der Waals surface area (Å²) in [6, 6.07) is 0.672. The molecule has 0 amide bonds. The zero-order chi connectivity index (χ0) is 13.3. The average Bonchev–Trinajstić information content (AvgIpc) is 3.07. The fraction of sp³-hybridized carbons (Fsp3) is 0.929. The second-order valence-electron chi connectivity index (χ2n) is 6.31. The van der Waals surface area contributed by atoms with Gasteiger partial charge >= 0.3 is 0 Å². The Morgan fingerprint density at radius 2 is 2.05 bits per heavy atom. The highest BCUT2D eigenvalue weighted by molar-refractivity contribution is 5.85. The van der Waals surface area contributed by atoms with Gasteiger partial charge in [-0.25, -0.2) is 0 Å². The summed E-state index contributed by atoms with van der Waals surface area (Å²) in [4.78, 5) is 2.46. The van der Waals surface area contributed by atoms with Gasteiger partial charge in [0.15, 0.2) is 5.84 Å². The molecule has 5 heteroatoms. The zero-order valence-electron chi connectivity index (χ0n) is 11.6. The molecule has 2 aliphatic heterocycles. The number of nitrogens with zero attached hydrogens (tertiary/aromatic N) is 2. The van der Waals surface area contributed by atoms with Crippen LogP contribution in [0.15, 0.2) is 5.16 Å². The fourth-order valence-electron chi connectivity index (χ4n) is 4.26. The predicted octanol–water partition coefficient (Wildman–Crippen LogP) is 1.69. The highest BCUT2D eigenvalue weighted by atomic mass is 16.5. The molecular weight excluding hydrogens is 242 g/mol. The van der Waals surface area contributed by atoms with Gasteiger partial charge in [0.2, 0.25) is 0 Å². The Kier molecular flexibility index (Phi) is 3.67. The maximum atomic E-state index is 8.93. The molecule has 1 saturated carbocycles. The second kappa shape index (κ2) is 5.29. The van der Waals surface area contributed by atoms with Crippen LogP contribution in [0, 0.1) is 0 Å². The minimum absolute atomic E-state index is 0.131. The van der Waals surface area contributed by atoms with Crippen LogP contribution in [-0.4, -0.2) is 46.8 Å². The number of likely N-dealkylation sites (tertiary alicyclic amines) is 1. The van der Waals surface area contributed by atoms with Crippen molar-refractivity contribution >= 4 is 5.84 Å². The number of rotatable bonds is 2. The van der Waals surface area contributed by atoms with Gasteiger partial charge in [0.1, 0.15) is 0 Å². The molecule has 108 valence electrons. The van der Waals surface area contributed by atoms with Gasteiger partial charge in [0.25, 0.3) is 0 Å².